The normalized spacial score (nSPS) is 19.6. The Bertz CT molecular complexity index is 703. The van der Waals surface area contributed by atoms with Crippen molar-refractivity contribution in [2.24, 2.45) is 0 Å². The first kappa shape index (κ1) is 16.6. The molecule has 0 saturated heterocycles. The van der Waals surface area contributed by atoms with Gasteiger partial charge in [-0.15, -0.1) is 0 Å². The molecule has 0 saturated carbocycles. The molecule has 0 aromatic heterocycles. The van der Waals surface area contributed by atoms with E-state index in [1.165, 1.54) is 16.7 Å². The van der Waals surface area contributed by atoms with Crippen molar-refractivity contribution in [3.8, 4) is 0 Å². The Morgan fingerprint density at radius 1 is 1.08 bits per heavy atom. The number of fused-ring (bicyclic) bond motifs is 1. The van der Waals surface area contributed by atoms with Gasteiger partial charge in [0, 0.05) is 12.0 Å². The number of ether oxygens (including phenoxy) is 1. The van der Waals surface area contributed by atoms with Gasteiger partial charge in [-0.25, -0.2) is 4.79 Å². The summed E-state index contributed by atoms with van der Waals surface area (Å²) in [7, 11) is 0. The van der Waals surface area contributed by atoms with E-state index in [1.54, 1.807) is 0 Å². The smallest absolute Gasteiger partial charge is 0.407 e. The monoisotopic (exact) mass is 323 g/mol. The zero-order valence-corrected chi connectivity index (χ0v) is 14.6. The lowest BCUT2D eigenvalue weighted by atomic mass is 9.91. The zero-order valence-electron chi connectivity index (χ0n) is 14.6. The number of hydrogen-bond acceptors (Lipinski definition) is 2. The van der Waals surface area contributed by atoms with Gasteiger partial charge >= 0.3 is 6.09 Å². The maximum absolute atomic E-state index is 12.2. The topological polar surface area (TPSA) is 38.3 Å². The van der Waals surface area contributed by atoms with Crippen LogP contribution in [0.3, 0.4) is 0 Å². The molecule has 1 aliphatic rings. The van der Waals surface area contributed by atoms with E-state index in [0.717, 1.165) is 12.8 Å². The third-order valence-electron chi connectivity index (χ3n) is 4.38. The van der Waals surface area contributed by atoms with Crippen molar-refractivity contribution in [1.82, 2.24) is 5.32 Å². The second kappa shape index (κ2) is 6.68. The molecule has 0 aliphatic heterocycles. The van der Waals surface area contributed by atoms with Gasteiger partial charge in [-0.2, -0.15) is 0 Å². The standard InChI is InChI=1S/C21H25NO2/c1-21(2,3)24-20(23)22-19-14-16-11-7-8-12-17(16)18(19)13-15-9-5-4-6-10-15/h4-12,18-19H,13-14H2,1-3H3,(H,22,23). The highest BCUT2D eigenvalue weighted by atomic mass is 16.6. The summed E-state index contributed by atoms with van der Waals surface area (Å²) in [6.45, 7) is 5.66. The molecule has 2 aromatic rings. The summed E-state index contributed by atoms with van der Waals surface area (Å²) in [5, 5.41) is 3.09. The number of rotatable bonds is 3. The minimum Gasteiger partial charge on any atom is -0.444 e. The minimum absolute atomic E-state index is 0.0671. The Balaban J connectivity index is 1.79. The van der Waals surface area contributed by atoms with Gasteiger partial charge in [0.25, 0.3) is 0 Å². The molecule has 1 aliphatic carbocycles. The lowest BCUT2D eigenvalue weighted by Crippen LogP contribution is -2.41. The molecule has 3 heteroatoms. The van der Waals surface area contributed by atoms with Crippen LogP contribution in [0.4, 0.5) is 4.79 Å². The van der Waals surface area contributed by atoms with Gasteiger partial charge in [-0.05, 0) is 50.3 Å². The molecular formula is C21H25NO2. The number of nitrogens with one attached hydrogen (secondary N) is 1. The molecule has 1 amide bonds. The molecule has 2 atom stereocenters. The third-order valence-corrected chi connectivity index (χ3v) is 4.38. The predicted molar refractivity (Wildman–Crippen MR) is 96.2 cm³/mol. The van der Waals surface area contributed by atoms with Gasteiger partial charge in [0.1, 0.15) is 5.60 Å². The van der Waals surface area contributed by atoms with Crippen LogP contribution in [0.2, 0.25) is 0 Å². The van der Waals surface area contributed by atoms with Gasteiger partial charge < -0.3 is 10.1 Å². The van der Waals surface area contributed by atoms with Gasteiger partial charge in [0.2, 0.25) is 0 Å². The minimum atomic E-state index is -0.482. The average Bonchev–Trinajstić information content (AvgIpc) is 2.84. The molecule has 2 unspecified atom stereocenters. The molecule has 0 radical (unpaired) electrons. The molecule has 3 rings (SSSR count). The molecule has 24 heavy (non-hydrogen) atoms. The largest absolute Gasteiger partial charge is 0.444 e. The highest BCUT2D eigenvalue weighted by Gasteiger charge is 2.34. The van der Waals surface area contributed by atoms with Crippen molar-refractivity contribution in [2.75, 3.05) is 0 Å². The Kier molecular flexibility index (Phi) is 4.61. The second-order valence-corrected chi connectivity index (χ2v) is 7.45. The molecule has 3 nitrogen and oxygen atoms in total. The summed E-state index contributed by atoms with van der Waals surface area (Å²) in [5.41, 5.74) is 3.46. The Morgan fingerprint density at radius 3 is 2.46 bits per heavy atom. The third kappa shape index (κ3) is 3.97. The van der Waals surface area contributed by atoms with Gasteiger partial charge in [-0.1, -0.05) is 54.6 Å². The molecule has 1 N–H and O–H groups in total. The molecule has 2 aromatic carbocycles. The molecule has 126 valence electrons. The van der Waals surface area contributed by atoms with E-state index in [2.05, 4.69) is 53.8 Å². The number of alkyl carbamates (subject to hydrolysis) is 1. The number of hydrogen-bond donors (Lipinski definition) is 1. The quantitative estimate of drug-likeness (QED) is 0.905. The molecule has 0 bridgehead atoms. The zero-order chi connectivity index (χ0) is 17.2. The summed E-state index contributed by atoms with van der Waals surface area (Å²) in [5.74, 6) is 0.274. The van der Waals surface area contributed by atoms with Crippen LogP contribution in [0.25, 0.3) is 0 Å². The number of amides is 1. The average molecular weight is 323 g/mol. The first-order chi connectivity index (χ1) is 11.4. The summed E-state index contributed by atoms with van der Waals surface area (Å²) < 4.78 is 5.45. The molecular weight excluding hydrogens is 298 g/mol. The van der Waals surface area contributed by atoms with Crippen molar-refractivity contribution in [3.05, 3.63) is 71.3 Å². The lowest BCUT2D eigenvalue weighted by molar-refractivity contribution is 0.0499. The van der Waals surface area contributed by atoms with Crippen LogP contribution in [-0.2, 0) is 17.6 Å². The van der Waals surface area contributed by atoms with Crippen LogP contribution in [-0.4, -0.2) is 17.7 Å². The van der Waals surface area contributed by atoms with Crippen LogP contribution in [0.5, 0.6) is 0 Å². The summed E-state index contributed by atoms with van der Waals surface area (Å²) in [6.07, 6.45) is 1.43. The van der Waals surface area contributed by atoms with Crippen LogP contribution in [0.15, 0.2) is 54.6 Å². The highest BCUT2D eigenvalue weighted by Crippen LogP contribution is 2.36. The van der Waals surface area contributed by atoms with E-state index >= 15 is 0 Å². The van der Waals surface area contributed by atoms with Gasteiger partial charge in [0.15, 0.2) is 0 Å². The fraction of sp³-hybridized carbons (Fsp3) is 0.381. The summed E-state index contributed by atoms with van der Waals surface area (Å²) in [6, 6.07) is 19.0. The van der Waals surface area contributed by atoms with E-state index in [4.69, 9.17) is 4.74 Å². The van der Waals surface area contributed by atoms with E-state index in [0.29, 0.717) is 0 Å². The predicted octanol–water partition coefficient (Wildman–Crippen LogP) is 4.46. The van der Waals surface area contributed by atoms with Gasteiger partial charge in [0.05, 0.1) is 0 Å². The van der Waals surface area contributed by atoms with E-state index in [1.807, 2.05) is 26.8 Å². The van der Waals surface area contributed by atoms with E-state index < -0.39 is 5.60 Å². The van der Waals surface area contributed by atoms with Crippen molar-refractivity contribution < 1.29 is 9.53 Å². The first-order valence-corrected chi connectivity index (χ1v) is 8.53. The second-order valence-electron chi connectivity index (χ2n) is 7.45. The Morgan fingerprint density at radius 2 is 1.75 bits per heavy atom. The Labute approximate surface area is 144 Å². The van der Waals surface area contributed by atoms with Crippen LogP contribution >= 0.6 is 0 Å². The van der Waals surface area contributed by atoms with Crippen molar-refractivity contribution in [1.29, 1.82) is 0 Å². The molecule has 0 fully saturated rings. The number of benzene rings is 2. The van der Waals surface area contributed by atoms with Crippen molar-refractivity contribution in [3.63, 3.8) is 0 Å². The van der Waals surface area contributed by atoms with E-state index in [9.17, 15) is 4.79 Å². The summed E-state index contributed by atoms with van der Waals surface area (Å²) >= 11 is 0. The SMILES string of the molecule is CC(C)(C)OC(=O)NC1Cc2ccccc2C1Cc1ccccc1. The fourth-order valence-electron chi connectivity index (χ4n) is 3.41. The first-order valence-electron chi connectivity index (χ1n) is 8.53. The van der Waals surface area contributed by atoms with Gasteiger partial charge in [-0.3, -0.25) is 0 Å². The van der Waals surface area contributed by atoms with E-state index in [-0.39, 0.29) is 18.1 Å². The maximum atomic E-state index is 12.2. The maximum Gasteiger partial charge on any atom is 0.407 e. The van der Waals surface area contributed by atoms with Crippen molar-refractivity contribution >= 4 is 6.09 Å². The fourth-order valence-corrected chi connectivity index (χ4v) is 3.41. The van der Waals surface area contributed by atoms with Crippen molar-refractivity contribution in [2.45, 2.75) is 51.2 Å². The van der Waals surface area contributed by atoms with Crippen LogP contribution in [0, 0.1) is 0 Å². The molecule has 0 heterocycles. The molecule has 0 spiro atoms. The highest BCUT2D eigenvalue weighted by molar-refractivity contribution is 5.68. The lowest BCUT2D eigenvalue weighted by Gasteiger charge is -2.25. The Hall–Kier alpha value is -2.29. The number of carbonyl (C=O) groups is 1. The van der Waals surface area contributed by atoms with Crippen LogP contribution < -0.4 is 5.32 Å². The summed E-state index contributed by atoms with van der Waals surface area (Å²) in [4.78, 5) is 12.2. The van der Waals surface area contributed by atoms with Crippen LogP contribution in [0.1, 0.15) is 43.4 Å². The number of carbonyl (C=O) groups excluding carboxylic acids is 1.